The van der Waals surface area contributed by atoms with Crippen molar-refractivity contribution in [2.45, 2.75) is 26.9 Å². The summed E-state index contributed by atoms with van der Waals surface area (Å²) in [5.74, 6) is 0.251. The summed E-state index contributed by atoms with van der Waals surface area (Å²) in [6.07, 6.45) is 1.71. The minimum atomic E-state index is -0.448. The number of benzene rings is 1. The third-order valence-electron chi connectivity index (χ3n) is 2.81. The number of nitrogens with one attached hydrogen (secondary N) is 1. The van der Waals surface area contributed by atoms with Crippen LogP contribution < -0.4 is 10.1 Å². The Bertz CT molecular complexity index is 664. The molecule has 0 aliphatic carbocycles. The van der Waals surface area contributed by atoms with Gasteiger partial charge in [0.1, 0.15) is 0 Å². The van der Waals surface area contributed by atoms with Crippen molar-refractivity contribution in [2.24, 2.45) is 7.05 Å². The fourth-order valence-electron chi connectivity index (χ4n) is 1.97. The molecule has 1 heterocycles. The molecule has 0 amide bonds. The van der Waals surface area contributed by atoms with Gasteiger partial charge >= 0.3 is 5.69 Å². The topological polar surface area (TPSA) is 82.2 Å². The first-order valence-electron chi connectivity index (χ1n) is 6.59. The Morgan fingerprint density at radius 1 is 1.43 bits per heavy atom. The van der Waals surface area contributed by atoms with Gasteiger partial charge in [-0.2, -0.15) is 5.10 Å². The monoisotopic (exact) mass is 290 g/mol. The van der Waals surface area contributed by atoms with Crippen LogP contribution in [-0.2, 0) is 7.05 Å². The molecule has 0 saturated heterocycles. The average molecular weight is 290 g/mol. The summed E-state index contributed by atoms with van der Waals surface area (Å²) in [5, 5.41) is 18.4. The van der Waals surface area contributed by atoms with Crippen LogP contribution in [-0.4, -0.2) is 20.8 Å². The van der Waals surface area contributed by atoms with E-state index in [9.17, 15) is 10.1 Å². The standard InChI is InChI=1S/C14H18N4O3/c1-9(2)21-14-7-11(5-6-13(14)18(19)20)15-12-8-17(4)16-10(12)3/h5-9,15H,1-4H3. The van der Waals surface area contributed by atoms with Gasteiger partial charge in [0.25, 0.3) is 0 Å². The van der Waals surface area contributed by atoms with Gasteiger partial charge in [0.15, 0.2) is 5.75 Å². The van der Waals surface area contributed by atoms with Gasteiger partial charge in [-0.1, -0.05) is 0 Å². The van der Waals surface area contributed by atoms with Crippen molar-refractivity contribution >= 4 is 17.1 Å². The molecule has 0 bridgehead atoms. The zero-order valence-corrected chi connectivity index (χ0v) is 12.5. The van der Waals surface area contributed by atoms with Crippen molar-refractivity contribution in [1.29, 1.82) is 0 Å². The SMILES string of the molecule is Cc1nn(C)cc1Nc1ccc([N+](=O)[O-])c(OC(C)C)c1. The molecule has 0 fully saturated rings. The lowest BCUT2D eigenvalue weighted by Crippen LogP contribution is -2.07. The third-order valence-corrected chi connectivity index (χ3v) is 2.81. The van der Waals surface area contributed by atoms with Gasteiger partial charge in [-0.25, -0.2) is 0 Å². The zero-order valence-electron chi connectivity index (χ0n) is 12.5. The van der Waals surface area contributed by atoms with Crippen molar-refractivity contribution in [1.82, 2.24) is 9.78 Å². The van der Waals surface area contributed by atoms with E-state index in [1.54, 1.807) is 16.8 Å². The molecule has 1 aromatic heterocycles. The minimum absolute atomic E-state index is 0.0443. The van der Waals surface area contributed by atoms with Crippen molar-refractivity contribution in [3.63, 3.8) is 0 Å². The molecule has 0 radical (unpaired) electrons. The normalized spacial score (nSPS) is 10.7. The maximum Gasteiger partial charge on any atom is 0.311 e. The fraction of sp³-hybridized carbons (Fsp3) is 0.357. The first-order valence-corrected chi connectivity index (χ1v) is 6.59. The maximum absolute atomic E-state index is 11.0. The second-order valence-corrected chi connectivity index (χ2v) is 5.03. The molecule has 0 spiro atoms. The van der Waals surface area contributed by atoms with Crippen molar-refractivity contribution < 1.29 is 9.66 Å². The first-order chi connectivity index (χ1) is 9.86. The van der Waals surface area contributed by atoms with E-state index in [0.717, 1.165) is 11.4 Å². The molecular weight excluding hydrogens is 272 g/mol. The van der Waals surface area contributed by atoms with Gasteiger partial charge in [0, 0.05) is 31.1 Å². The van der Waals surface area contributed by atoms with E-state index in [1.807, 2.05) is 34.0 Å². The number of nitrogens with zero attached hydrogens (tertiary/aromatic N) is 3. The lowest BCUT2D eigenvalue weighted by Gasteiger charge is -2.12. The molecule has 21 heavy (non-hydrogen) atoms. The summed E-state index contributed by atoms with van der Waals surface area (Å²) in [5.41, 5.74) is 2.37. The molecule has 2 aromatic rings. The van der Waals surface area contributed by atoms with E-state index in [1.165, 1.54) is 6.07 Å². The predicted octanol–water partition coefficient (Wildman–Crippen LogP) is 3.17. The summed E-state index contributed by atoms with van der Waals surface area (Å²) < 4.78 is 7.22. The highest BCUT2D eigenvalue weighted by molar-refractivity contribution is 5.65. The van der Waals surface area contributed by atoms with Gasteiger partial charge in [0.2, 0.25) is 0 Å². The Morgan fingerprint density at radius 3 is 2.67 bits per heavy atom. The van der Waals surface area contributed by atoms with Crippen LogP contribution in [0, 0.1) is 17.0 Å². The molecule has 2 rings (SSSR count). The summed E-state index contributed by atoms with van der Waals surface area (Å²) in [4.78, 5) is 10.6. The smallest absolute Gasteiger partial charge is 0.311 e. The second kappa shape index (κ2) is 5.82. The third kappa shape index (κ3) is 3.50. The van der Waals surface area contributed by atoms with Crippen LogP contribution in [0.3, 0.4) is 0 Å². The van der Waals surface area contributed by atoms with Crippen molar-refractivity contribution in [2.75, 3.05) is 5.32 Å². The number of anilines is 2. The van der Waals surface area contributed by atoms with Gasteiger partial charge in [-0.3, -0.25) is 14.8 Å². The number of rotatable bonds is 5. The highest BCUT2D eigenvalue weighted by Gasteiger charge is 2.17. The number of aromatic nitrogens is 2. The summed E-state index contributed by atoms with van der Waals surface area (Å²) in [6.45, 7) is 5.55. The Labute approximate surface area is 122 Å². The largest absolute Gasteiger partial charge is 0.484 e. The maximum atomic E-state index is 11.0. The Kier molecular flexibility index (Phi) is 4.11. The van der Waals surface area contributed by atoms with Crippen LogP contribution in [0.5, 0.6) is 5.75 Å². The lowest BCUT2D eigenvalue weighted by atomic mass is 10.2. The molecule has 1 aromatic carbocycles. The summed E-state index contributed by atoms with van der Waals surface area (Å²) in [7, 11) is 1.83. The Balaban J connectivity index is 2.32. The van der Waals surface area contributed by atoms with E-state index >= 15 is 0 Å². The molecular formula is C14H18N4O3. The number of ether oxygens (including phenoxy) is 1. The molecule has 7 heteroatoms. The van der Waals surface area contributed by atoms with E-state index in [2.05, 4.69) is 10.4 Å². The number of hydrogen-bond donors (Lipinski definition) is 1. The molecule has 1 N–H and O–H groups in total. The summed E-state index contributed by atoms with van der Waals surface area (Å²) in [6, 6.07) is 4.72. The fourth-order valence-corrected chi connectivity index (χ4v) is 1.97. The van der Waals surface area contributed by atoms with Crippen LogP contribution in [0.15, 0.2) is 24.4 Å². The van der Waals surface area contributed by atoms with E-state index < -0.39 is 4.92 Å². The van der Waals surface area contributed by atoms with Crippen molar-refractivity contribution in [3.05, 3.63) is 40.2 Å². The van der Waals surface area contributed by atoms with Gasteiger partial charge in [-0.05, 0) is 26.8 Å². The first kappa shape index (κ1) is 14.8. The number of nitro groups is 1. The van der Waals surface area contributed by atoms with Gasteiger partial charge in [-0.15, -0.1) is 0 Å². The Morgan fingerprint density at radius 2 is 2.14 bits per heavy atom. The minimum Gasteiger partial charge on any atom is -0.484 e. The van der Waals surface area contributed by atoms with Crippen LogP contribution in [0.4, 0.5) is 17.1 Å². The quantitative estimate of drug-likeness (QED) is 0.675. The van der Waals surface area contributed by atoms with Crippen LogP contribution in [0.1, 0.15) is 19.5 Å². The number of nitro benzene ring substituents is 1. The average Bonchev–Trinajstić information content (AvgIpc) is 2.66. The highest BCUT2D eigenvalue weighted by atomic mass is 16.6. The molecule has 0 saturated carbocycles. The van der Waals surface area contributed by atoms with Gasteiger partial charge in [0.05, 0.1) is 22.4 Å². The Hall–Kier alpha value is -2.57. The van der Waals surface area contributed by atoms with Crippen LogP contribution >= 0.6 is 0 Å². The molecule has 7 nitrogen and oxygen atoms in total. The highest BCUT2D eigenvalue weighted by Crippen LogP contribution is 2.32. The molecule has 0 unspecified atom stereocenters. The van der Waals surface area contributed by atoms with Crippen LogP contribution in [0.25, 0.3) is 0 Å². The lowest BCUT2D eigenvalue weighted by molar-refractivity contribution is -0.386. The second-order valence-electron chi connectivity index (χ2n) is 5.03. The van der Waals surface area contributed by atoms with Crippen molar-refractivity contribution in [3.8, 4) is 5.75 Å². The van der Waals surface area contributed by atoms with E-state index in [4.69, 9.17) is 4.74 Å². The molecule has 0 aliphatic rings. The van der Waals surface area contributed by atoms with Gasteiger partial charge < -0.3 is 10.1 Å². The molecule has 112 valence electrons. The molecule has 0 aliphatic heterocycles. The van der Waals surface area contributed by atoms with Crippen LogP contribution in [0.2, 0.25) is 0 Å². The van der Waals surface area contributed by atoms with E-state index in [0.29, 0.717) is 5.69 Å². The predicted molar refractivity (Wildman–Crippen MR) is 80.1 cm³/mol. The number of aryl methyl sites for hydroxylation is 2. The molecule has 0 atom stereocenters. The summed E-state index contributed by atoms with van der Waals surface area (Å²) >= 11 is 0. The van der Waals surface area contributed by atoms with E-state index in [-0.39, 0.29) is 17.5 Å². The zero-order chi connectivity index (χ0) is 15.6. The number of hydrogen-bond acceptors (Lipinski definition) is 5.